The molecule has 2 aromatic rings. The number of pyridine rings is 1. The number of hydrogen-bond acceptors (Lipinski definition) is 3. The first-order chi connectivity index (χ1) is 8.91. The number of phenolic OH excluding ortho intramolecular Hbond substituents is 1. The van der Waals surface area contributed by atoms with Gasteiger partial charge in [-0.2, -0.15) is 13.2 Å². The number of ketones is 1. The van der Waals surface area contributed by atoms with E-state index in [1.807, 2.05) is 0 Å². The van der Waals surface area contributed by atoms with Gasteiger partial charge in [0.2, 0.25) is 5.78 Å². The number of hydrogen-bond donors (Lipinski definition) is 1. The smallest absolute Gasteiger partial charge is 0.419 e. The highest BCUT2D eigenvalue weighted by Gasteiger charge is 2.35. The second kappa shape index (κ2) is 4.72. The lowest BCUT2D eigenvalue weighted by Gasteiger charge is -2.11. The number of carbonyl (C=O) groups is 1. The third-order valence-electron chi connectivity index (χ3n) is 2.48. The van der Waals surface area contributed by atoms with E-state index in [0.717, 1.165) is 12.1 Å². The quantitative estimate of drug-likeness (QED) is 0.851. The summed E-state index contributed by atoms with van der Waals surface area (Å²) in [5.74, 6) is -1.84. The molecule has 98 valence electrons. The maximum atomic E-state index is 12.6. The highest BCUT2D eigenvalue weighted by atomic mass is 19.4. The van der Waals surface area contributed by atoms with Gasteiger partial charge in [0, 0.05) is 6.20 Å². The van der Waals surface area contributed by atoms with Crippen LogP contribution in [0.25, 0.3) is 0 Å². The van der Waals surface area contributed by atoms with E-state index in [-0.39, 0.29) is 5.69 Å². The molecule has 1 aromatic carbocycles. The standard InChI is InChI=1S/C13H8F3NO2/c14-13(15,16)9-5-3-4-8(11(9)18)12(19)10-6-1-2-7-17-10/h1-7,18H. The number of aromatic hydroxyl groups is 1. The largest absolute Gasteiger partial charge is 0.507 e. The van der Waals surface area contributed by atoms with Gasteiger partial charge in [-0.3, -0.25) is 9.78 Å². The van der Waals surface area contributed by atoms with Gasteiger partial charge in [0.15, 0.2) is 0 Å². The topological polar surface area (TPSA) is 50.2 Å². The summed E-state index contributed by atoms with van der Waals surface area (Å²) in [5, 5.41) is 9.59. The Bertz CT molecular complexity index is 609. The van der Waals surface area contributed by atoms with E-state index in [9.17, 15) is 23.1 Å². The van der Waals surface area contributed by atoms with Crippen molar-refractivity contribution in [1.82, 2.24) is 4.98 Å². The van der Waals surface area contributed by atoms with Gasteiger partial charge in [0.1, 0.15) is 11.4 Å². The summed E-state index contributed by atoms with van der Waals surface area (Å²) in [6.45, 7) is 0. The van der Waals surface area contributed by atoms with Crippen LogP contribution in [0.5, 0.6) is 5.75 Å². The molecule has 6 heteroatoms. The first-order valence-electron chi connectivity index (χ1n) is 5.26. The Hall–Kier alpha value is -2.37. The molecule has 0 aliphatic carbocycles. The Morgan fingerprint density at radius 2 is 1.84 bits per heavy atom. The minimum atomic E-state index is -4.72. The molecule has 0 aliphatic heterocycles. The average Bonchev–Trinajstić information content (AvgIpc) is 2.38. The molecule has 1 N–H and O–H groups in total. The van der Waals surface area contributed by atoms with Crippen molar-refractivity contribution in [2.45, 2.75) is 6.18 Å². The number of para-hydroxylation sites is 1. The lowest BCUT2D eigenvalue weighted by molar-refractivity contribution is -0.138. The highest BCUT2D eigenvalue weighted by Crippen LogP contribution is 2.37. The highest BCUT2D eigenvalue weighted by molar-refractivity contribution is 6.09. The lowest BCUT2D eigenvalue weighted by atomic mass is 10.0. The second-order valence-corrected chi connectivity index (χ2v) is 3.74. The summed E-state index contributed by atoms with van der Waals surface area (Å²) in [6, 6.07) is 7.38. The molecule has 0 aliphatic rings. The summed E-state index contributed by atoms with van der Waals surface area (Å²) in [5.41, 5.74) is -1.69. The predicted molar refractivity (Wildman–Crippen MR) is 60.8 cm³/mol. The summed E-state index contributed by atoms with van der Waals surface area (Å²) < 4.78 is 37.8. The van der Waals surface area contributed by atoms with Crippen LogP contribution in [0.4, 0.5) is 13.2 Å². The molecule has 0 fully saturated rings. The number of nitrogens with zero attached hydrogens (tertiary/aromatic N) is 1. The third kappa shape index (κ3) is 2.57. The fourth-order valence-corrected chi connectivity index (χ4v) is 1.59. The predicted octanol–water partition coefficient (Wildman–Crippen LogP) is 3.04. The zero-order valence-electron chi connectivity index (χ0n) is 9.48. The molecule has 1 aromatic heterocycles. The number of aromatic nitrogens is 1. The average molecular weight is 267 g/mol. The Kier molecular flexibility index (Phi) is 3.25. The van der Waals surface area contributed by atoms with Crippen LogP contribution >= 0.6 is 0 Å². The van der Waals surface area contributed by atoms with E-state index < -0.39 is 28.8 Å². The SMILES string of the molecule is O=C(c1ccccn1)c1cccc(C(F)(F)F)c1O. The van der Waals surface area contributed by atoms with E-state index in [1.54, 1.807) is 6.07 Å². The van der Waals surface area contributed by atoms with Crippen molar-refractivity contribution in [3.8, 4) is 5.75 Å². The molecule has 0 bridgehead atoms. The Morgan fingerprint density at radius 1 is 1.11 bits per heavy atom. The fourth-order valence-electron chi connectivity index (χ4n) is 1.59. The minimum Gasteiger partial charge on any atom is -0.507 e. The van der Waals surface area contributed by atoms with Gasteiger partial charge in [0.05, 0.1) is 11.1 Å². The van der Waals surface area contributed by atoms with Crippen LogP contribution in [0, 0.1) is 0 Å². The summed E-state index contributed by atoms with van der Waals surface area (Å²) in [6.07, 6.45) is -3.37. The molecule has 1 heterocycles. The van der Waals surface area contributed by atoms with Gasteiger partial charge in [-0.1, -0.05) is 12.1 Å². The molecular formula is C13H8F3NO2. The monoisotopic (exact) mass is 267 g/mol. The van der Waals surface area contributed by atoms with Crippen molar-refractivity contribution in [3.05, 3.63) is 59.4 Å². The molecule has 0 amide bonds. The molecule has 0 saturated heterocycles. The van der Waals surface area contributed by atoms with Crippen molar-refractivity contribution in [3.63, 3.8) is 0 Å². The first kappa shape index (κ1) is 13.1. The molecule has 0 spiro atoms. The Labute approximate surface area is 106 Å². The van der Waals surface area contributed by atoms with Crippen LogP contribution in [0.3, 0.4) is 0 Å². The van der Waals surface area contributed by atoms with E-state index in [4.69, 9.17) is 0 Å². The van der Waals surface area contributed by atoms with Crippen molar-refractivity contribution in [1.29, 1.82) is 0 Å². The van der Waals surface area contributed by atoms with Crippen molar-refractivity contribution >= 4 is 5.78 Å². The molecule has 0 saturated carbocycles. The van der Waals surface area contributed by atoms with Gasteiger partial charge in [0.25, 0.3) is 0 Å². The first-order valence-corrected chi connectivity index (χ1v) is 5.26. The van der Waals surface area contributed by atoms with E-state index in [1.165, 1.54) is 18.3 Å². The molecule has 19 heavy (non-hydrogen) atoms. The van der Waals surface area contributed by atoms with Gasteiger partial charge in [-0.05, 0) is 24.3 Å². The zero-order valence-corrected chi connectivity index (χ0v) is 9.48. The summed E-state index contributed by atoms with van der Waals surface area (Å²) in [4.78, 5) is 15.7. The fraction of sp³-hybridized carbons (Fsp3) is 0.0769. The van der Waals surface area contributed by atoms with E-state index in [0.29, 0.717) is 6.07 Å². The summed E-state index contributed by atoms with van der Waals surface area (Å²) in [7, 11) is 0. The van der Waals surface area contributed by atoms with Gasteiger partial charge >= 0.3 is 6.18 Å². The number of benzene rings is 1. The minimum absolute atomic E-state index is 0.0304. The number of alkyl halides is 3. The van der Waals surface area contributed by atoms with Crippen molar-refractivity contribution < 1.29 is 23.1 Å². The molecule has 2 rings (SSSR count). The normalized spacial score (nSPS) is 11.3. The van der Waals surface area contributed by atoms with Gasteiger partial charge in [-0.15, -0.1) is 0 Å². The van der Waals surface area contributed by atoms with E-state index in [2.05, 4.69) is 4.98 Å². The number of phenols is 1. The van der Waals surface area contributed by atoms with Crippen molar-refractivity contribution in [2.24, 2.45) is 0 Å². The maximum absolute atomic E-state index is 12.6. The van der Waals surface area contributed by atoms with Crippen LogP contribution in [-0.2, 0) is 6.18 Å². The Balaban J connectivity index is 2.50. The van der Waals surface area contributed by atoms with Gasteiger partial charge < -0.3 is 5.11 Å². The molecule has 0 radical (unpaired) electrons. The zero-order chi connectivity index (χ0) is 14.0. The van der Waals surface area contributed by atoms with Crippen molar-refractivity contribution in [2.75, 3.05) is 0 Å². The van der Waals surface area contributed by atoms with Crippen LogP contribution in [0.15, 0.2) is 42.6 Å². The van der Waals surface area contributed by atoms with E-state index >= 15 is 0 Å². The third-order valence-corrected chi connectivity index (χ3v) is 2.48. The number of halogens is 3. The molecule has 0 unspecified atom stereocenters. The number of carbonyl (C=O) groups excluding carboxylic acids is 1. The summed E-state index contributed by atoms with van der Waals surface area (Å²) >= 11 is 0. The second-order valence-electron chi connectivity index (χ2n) is 3.74. The maximum Gasteiger partial charge on any atom is 0.419 e. The van der Waals surface area contributed by atoms with Crippen LogP contribution < -0.4 is 0 Å². The molecular weight excluding hydrogens is 259 g/mol. The van der Waals surface area contributed by atoms with Crippen LogP contribution in [0.1, 0.15) is 21.6 Å². The number of rotatable bonds is 2. The molecule has 3 nitrogen and oxygen atoms in total. The Morgan fingerprint density at radius 3 is 2.42 bits per heavy atom. The van der Waals surface area contributed by atoms with Crippen LogP contribution in [-0.4, -0.2) is 15.9 Å². The van der Waals surface area contributed by atoms with Crippen LogP contribution in [0.2, 0.25) is 0 Å². The lowest BCUT2D eigenvalue weighted by Crippen LogP contribution is -2.10. The molecule has 0 atom stereocenters. The van der Waals surface area contributed by atoms with Gasteiger partial charge in [-0.25, -0.2) is 0 Å².